The lowest BCUT2D eigenvalue weighted by molar-refractivity contribution is -0.134. The van der Waals surface area contributed by atoms with Crippen LogP contribution >= 0.6 is 11.3 Å². The number of carbonyl (C=O) groups excluding carboxylic acids is 1. The van der Waals surface area contributed by atoms with Crippen molar-refractivity contribution in [2.45, 2.75) is 38.9 Å². The molecule has 0 radical (unpaired) electrons. The van der Waals surface area contributed by atoms with Gasteiger partial charge in [0.15, 0.2) is 0 Å². The summed E-state index contributed by atoms with van der Waals surface area (Å²) in [7, 11) is 0. The molecule has 0 aliphatic heterocycles. The minimum absolute atomic E-state index is 0.0160. The van der Waals surface area contributed by atoms with E-state index in [-0.39, 0.29) is 11.9 Å². The number of nitrogens with zero attached hydrogens (tertiary/aromatic N) is 1. The van der Waals surface area contributed by atoms with Crippen molar-refractivity contribution in [3.63, 3.8) is 0 Å². The summed E-state index contributed by atoms with van der Waals surface area (Å²) in [5, 5.41) is 2.03. The number of carbonyl (C=O) groups is 1. The third-order valence-corrected chi connectivity index (χ3v) is 4.29. The number of benzene rings is 1. The van der Waals surface area contributed by atoms with Crippen molar-refractivity contribution < 1.29 is 4.79 Å². The van der Waals surface area contributed by atoms with E-state index in [4.69, 9.17) is 5.73 Å². The van der Waals surface area contributed by atoms with Crippen LogP contribution in [0, 0.1) is 0 Å². The molecule has 2 N–H and O–H groups in total. The van der Waals surface area contributed by atoms with Gasteiger partial charge in [-0.1, -0.05) is 36.4 Å². The van der Waals surface area contributed by atoms with Gasteiger partial charge in [-0.25, -0.2) is 0 Å². The number of hydrogen-bond donors (Lipinski definition) is 1. The SMILES string of the molecule is CC(C)N(Cc1cccs1)C(=O)C(N)Cc1ccccc1. The molecule has 2 rings (SSSR count). The van der Waals surface area contributed by atoms with E-state index in [0.717, 1.165) is 5.56 Å². The third kappa shape index (κ3) is 4.41. The van der Waals surface area contributed by atoms with E-state index < -0.39 is 6.04 Å². The first-order valence-electron chi connectivity index (χ1n) is 7.20. The van der Waals surface area contributed by atoms with E-state index in [9.17, 15) is 4.79 Å². The molecule has 1 atom stereocenters. The molecular formula is C17H22N2OS. The molecule has 1 unspecified atom stereocenters. The highest BCUT2D eigenvalue weighted by molar-refractivity contribution is 7.09. The fourth-order valence-electron chi connectivity index (χ4n) is 2.25. The fourth-order valence-corrected chi connectivity index (χ4v) is 2.96. The molecule has 2 aromatic rings. The smallest absolute Gasteiger partial charge is 0.240 e. The van der Waals surface area contributed by atoms with Crippen LogP contribution in [0.3, 0.4) is 0 Å². The Labute approximate surface area is 130 Å². The van der Waals surface area contributed by atoms with Crippen LogP contribution in [-0.4, -0.2) is 22.9 Å². The highest BCUT2D eigenvalue weighted by Gasteiger charge is 2.23. The van der Waals surface area contributed by atoms with Crippen LogP contribution in [-0.2, 0) is 17.8 Å². The lowest BCUT2D eigenvalue weighted by atomic mass is 10.0. The van der Waals surface area contributed by atoms with Crippen LogP contribution in [0.1, 0.15) is 24.3 Å². The van der Waals surface area contributed by atoms with Gasteiger partial charge in [0.2, 0.25) is 5.91 Å². The molecule has 21 heavy (non-hydrogen) atoms. The Morgan fingerprint density at radius 1 is 1.19 bits per heavy atom. The quantitative estimate of drug-likeness (QED) is 0.891. The predicted octanol–water partition coefficient (Wildman–Crippen LogP) is 3.06. The average molecular weight is 302 g/mol. The summed E-state index contributed by atoms with van der Waals surface area (Å²) in [4.78, 5) is 15.7. The second kappa shape index (κ2) is 7.38. The van der Waals surface area contributed by atoms with Gasteiger partial charge < -0.3 is 10.6 Å². The van der Waals surface area contributed by atoms with E-state index in [1.54, 1.807) is 11.3 Å². The number of rotatable bonds is 6. The third-order valence-electron chi connectivity index (χ3n) is 3.43. The number of nitrogens with two attached hydrogens (primary N) is 1. The monoisotopic (exact) mass is 302 g/mol. The minimum atomic E-state index is -0.491. The van der Waals surface area contributed by atoms with Gasteiger partial charge in [-0.2, -0.15) is 0 Å². The Morgan fingerprint density at radius 2 is 1.90 bits per heavy atom. The summed E-state index contributed by atoms with van der Waals surface area (Å²) in [6.45, 7) is 4.69. The van der Waals surface area contributed by atoms with Gasteiger partial charge in [-0.3, -0.25) is 4.79 Å². The Morgan fingerprint density at radius 3 is 2.48 bits per heavy atom. The Bertz CT molecular complexity index is 551. The van der Waals surface area contributed by atoms with Gasteiger partial charge in [-0.15, -0.1) is 11.3 Å². The lowest BCUT2D eigenvalue weighted by Gasteiger charge is -2.29. The predicted molar refractivity (Wildman–Crippen MR) is 88.1 cm³/mol. The maximum Gasteiger partial charge on any atom is 0.240 e. The number of thiophene rings is 1. The van der Waals surface area contributed by atoms with Crippen LogP contribution in [0.4, 0.5) is 0 Å². The Hall–Kier alpha value is -1.65. The van der Waals surface area contributed by atoms with Gasteiger partial charge in [0.25, 0.3) is 0 Å². The van der Waals surface area contributed by atoms with Gasteiger partial charge in [0.1, 0.15) is 0 Å². The summed E-state index contributed by atoms with van der Waals surface area (Å²) < 4.78 is 0. The molecule has 1 aromatic carbocycles. The number of hydrogen-bond acceptors (Lipinski definition) is 3. The average Bonchev–Trinajstić information content (AvgIpc) is 2.98. The maximum atomic E-state index is 12.6. The molecule has 112 valence electrons. The van der Waals surface area contributed by atoms with E-state index in [2.05, 4.69) is 6.07 Å². The summed E-state index contributed by atoms with van der Waals surface area (Å²) in [5.74, 6) is 0.0160. The minimum Gasteiger partial charge on any atom is -0.334 e. The molecule has 0 saturated carbocycles. The van der Waals surface area contributed by atoms with Gasteiger partial charge in [0, 0.05) is 10.9 Å². The molecule has 0 aliphatic carbocycles. The summed E-state index contributed by atoms with van der Waals surface area (Å²) in [6, 6.07) is 13.6. The second-order valence-corrected chi connectivity index (χ2v) is 6.47. The van der Waals surface area contributed by atoms with Crippen LogP contribution in [0.5, 0.6) is 0 Å². The molecule has 1 amide bonds. The standard InChI is InChI=1S/C17H22N2OS/c1-13(2)19(12-15-9-6-10-21-15)17(20)16(18)11-14-7-4-3-5-8-14/h3-10,13,16H,11-12,18H2,1-2H3. The van der Waals surface area contributed by atoms with Crippen LogP contribution < -0.4 is 5.73 Å². The van der Waals surface area contributed by atoms with Crippen molar-refractivity contribution in [1.82, 2.24) is 4.90 Å². The van der Waals surface area contributed by atoms with Crippen molar-refractivity contribution in [1.29, 1.82) is 0 Å². The molecule has 1 aromatic heterocycles. The van der Waals surface area contributed by atoms with Crippen LogP contribution in [0.15, 0.2) is 47.8 Å². The van der Waals surface area contributed by atoms with E-state index >= 15 is 0 Å². The Balaban J connectivity index is 2.03. The molecule has 4 heteroatoms. The van der Waals surface area contributed by atoms with Gasteiger partial charge in [0.05, 0.1) is 12.6 Å². The van der Waals surface area contributed by atoms with Gasteiger partial charge >= 0.3 is 0 Å². The first kappa shape index (κ1) is 15.7. The molecule has 0 saturated heterocycles. The zero-order valence-corrected chi connectivity index (χ0v) is 13.3. The molecule has 0 spiro atoms. The first-order valence-corrected chi connectivity index (χ1v) is 8.08. The highest BCUT2D eigenvalue weighted by Crippen LogP contribution is 2.15. The molecule has 0 bridgehead atoms. The van der Waals surface area contributed by atoms with Crippen molar-refractivity contribution >= 4 is 17.2 Å². The molecule has 3 nitrogen and oxygen atoms in total. The zero-order valence-electron chi connectivity index (χ0n) is 12.5. The maximum absolute atomic E-state index is 12.6. The molecule has 0 aliphatic rings. The van der Waals surface area contributed by atoms with E-state index in [1.807, 2.05) is 60.5 Å². The summed E-state index contributed by atoms with van der Waals surface area (Å²) in [6.07, 6.45) is 0.577. The topological polar surface area (TPSA) is 46.3 Å². The number of amides is 1. The highest BCUT2D eigenvalue weighted by atomic mass is 32.1. The summed E-state index contributed by atoms with van der Waals surface area (Å²) in [5.41, 5.74) is 7.22. The zero-order chi connectivity index (χ0) is 15.2. The molecule has 1 heterocycles. The van der Waals surface area contributed by atoms with Crippen molar-refractivity contribution in [2.24, 2.45) is 5.73 Å². The largest absolute Gasteiger partial charge is 0.334 e. The lowest BCUT2D eigenvalue weighted by Crippen LogP contribution is -2.47. The van der Waals surface area contributed by atoms with Crippen molar-refractivity contribution in [2.75, 3.05) is 0 Å². The Kier molecular flexibility index (Phi) is 5.53. The van der Waals surface area contributed by atoms with Crippen molar-refractivity contribution in [3.05, 3.63) is 58.3 Å². The molecule has 0 fully saturated rings. The van der Waals surface area contributed by atoms with Crippen LogP contribution in [0.25, 0.3) is 0 Å². The van der Waals surface area contributed by atoms with E-state index in [1.165, 1.54) is 4.88 Å². The fraction of sp³-hybridized carbons (Fsp3) is 0.353. The van der Waals surface area contributed by atoms with Crippen LogP contribution in [0.2, 0.25) is 0 Å². The van der Waals surface area contributed by atoms with E-state index in [0.29, 0.717) is 13.0 Å². The van der Waals surface area contributed by atoms with Gasteiger partial charge in [-0.05, 0) is 37.3 Å². The normalized spacial score (nSPS) is 12.4. The molecular weight excluding hydrogens is 280 g/mol. The first-order chi connectivity index (χ1) is 10.1. The van der Waals surface area contributed by atoms with Crippen molar-refractivity contribution in [3.8, 4) is 0 Å². The second-order valence-electron chi connectivity index (χ2n) is 5.44. The summed E-state index contributed by atoms with van der Waals surface area (Å²) >= 11 is 1.67.